The highest BCUT2D eigenvalue weighted by Gasteiger charge is 2.55. The number of carboxylic acid groups (broad SMARTS) is 1. The van der Waals surface area contributed by atoms with Gasteiger partial charge in [-0.05, 0) is 63.8 Å². The smallest absolute Gasteiger partial charge is 0.319 e. The van der Waals surface area contributed by atoms with Crippen LogP contribution >= 0.6 is 0 Å². The van der Waals surface area contributed by atoms with Gasteiger partial charge in [0.2, 0.25) is 5.91 Å². The highest BCUT2D eigenvalue weighted by Crippen LogP contribution is 2.47. The number of carboxylic acids is 1. The molecule has 0 spiro atoms. The SMILES string of the molecule is CC(C)N(C(=O)C(C)(C(=O)O)C1CC1)c1ccc(F)cc1. The summed E-state index contributed by atoms with van der Waals surface area (Å²) in [5, 5.41) is 9.53. The highest BCUT2D eigenvalue weighted by molar-refractivity contribution is 6.10. The first-order valence-electron chi connectivity index (χ1n) is 7.11. The van der Waals surface area contributed by atoms with Gasteiger partial charge >= 0.3 is 5.97 Å². The van der Waals surface area contributed by atoms with E-state index in [1.165, 1.54) is 36.1 Å². The molecule has 1 unspecified atom stereocenters. The summed E-state index contributed by atoms with van der Waals surface area (Å²) < 4.78 is 13.1. The number of hydrogen-bond acceptors (Lipinski definition) is 2. The number of benzene rings is 1. The van der Waals surface area contributed by atoms with Gasteiger partial charge < -0.3 is 10.0 Å². The molecule has 1 aliphatic rings. The Balaban J connectivity index is 2.40. The second-order valence-electron chi connectivity index (χ2n) is 6.03. The predicted molar refractivity (Wildman–Crippen MR) is 77.5 cm³/mol. The van der Waals surface area contributed by atoms with Gasteiger partial charge in [0, 0.05) is 11.7 Å². The summed E-state index contributed by atoms with van der Waals surface area (Å²) in [4.78, 5) is 26.0. The van der Waals surface area contributed by atoms with E-state index < -0.39 is 23.1 Å². The topological polar surface area (TPSA) is 57.6 Å². The molecular weight excluding hydrogens is 273 g/mol. The number of anilines is 1. The Hall–Kier alpha value is -1.91. The van der Waals surface area contributed by atoms with E-state index in [0.29, 0.717) is 5.69 Å². The molecule has 2 rings (SSSR count). The molecule has 1 fully saturated rings. The second-order valence-corrected chi connectivity index (χ2v) is 6.03. The zero-order valence-electron chi connectivity index (χ0n) is 12.5. The Morgan fingerprint density at radius 3 is 2.19 bits per heavy atom. The summed E-state index contributed by atoms with van der Waals surface area (Å²) in [6.45, 7) is 5.13. The summed E-state index contributed by atoms with van der Waals surface area (Å²) in [7, 11) is 0. The Labute approximate surface area is 123 Å². The van der Waals surface area contributed by atoms with Gasteiger partial charge in [-0.15, -0.1) is 0 Å². The van der Waals surface area contributed by atoms with Gasteiger partial charge in [-0.2, -0.15) is 0 Å². The van der Waals surface area contributed by atoms with Crippen LogP contribution in [-0.4, -0.2) is 23.0 Å². The molecule has 1 aliphatic carbocycles. The zero-order valence-corrected chi connectivity index (χ0v) is 12.5. The molecule has 1 atom stereocenters. The van der Waals surface area contributed by atoms with Gasteiger partial charge in [-0.1, -0.05) is 0 Å². The predicted octanol–water partition coefficient (Wildman–Crippen LogP) is 3.07. The molecule has 1 N–H and O–H groups in total. The summed E-state index contributed by atoms with van der Waals surface area (Å²) in [5.41, 5.74) is -0.900. The number of hydrogen-bond donors (Lipinski definition) is 1. The second kappa shape index (κ2) is 5.47. The van der Waals surface area contributed by atoms with E-state index in [1.54, 1.807) is 0 Å². The molecule has 21 heavy (non-hydrogen) atoms. The molecule has 0 aromatic heterocycles. The van der Waals surface area contributed by atoms with E-state index in [0.717, 1.165) is 12.8 Å². The lowest BCUT2D eigenvalue weighted by Crippen LogP contribution is -2.51. The number of amides is 1. The van der Waals surface area contributed by atoms with E-state index in [9.17, 15) is 19.1 Å². The van der Waals surface area contributed by atoms with Crippen LogP contribution in [-0.2, 0) is 9.59 Å². The summed E-state index contributed by atoms with van der Waals surface area (Å²) in [5.74, 6) is -2.04. The van der Waals surface area contributed by atoms with Crippen LogP contribution < -0.4 is 4.90 Å². The van der Waals surface area contributed by atoms with Crippen LogP contribution in [0.5, 0.6) is 0 Å². The van der Waals surface area contributed by atoms with Crippen molar-refractivity contribution in [3.63, 3.8) is 0 Å². The average Bonchev–Trinajstić information content (AvgIpc) is 3.24. The molecule has 4 nitrogen and oxygen atoms in total. The molecule has 0 aliphatic heterocycles. The maximum absolute atomic E-state index is 13.1. The van der Waals surface area contributed by atoms with Crippen molar-refractivity contribution in [3.05, 3.63) is 30.1 Å². The van der Waals surface area contributed by atoms with Crippen LogP contribution in [0.3, 0.4) is 0 Å². The minimum atomic E-state index is -1.42. The molecule has 1 saturated carbocycles. The van der Waals surface area contributed by atoms with E-state index in [1.807, 2.05) is 13.8 Å². The standard InChI is InChI=1S/C16H20FNO3/c1-10(2)18(13-8-6-12(17)7-9-13)14(19)16(3,15(20)21)11-4-5-11/h6-11H,4-5H2,1-3H3,(H,20,21). The fraction of sp³-hybridized carbons (Fsp3) is 0.500. The third-order valence-corrected chi connectivity index (χ3v) is 4.12. The molecule has 0 radical (unpaired) electrons. The lowest BCUT2D eigenvalue weighted by molar-refractivity contribution is -0.155. The van der Waals surface area contributed by atoms with Crippen molar-refractivity contribution >= 4 is 17.6 Å². The van der Waals surface area contributed by atoms with Crippen molar-refractivity contribution in [2.75, 3.05) is 4.90 Å². The number of nitrogens with zero attached hydrogens (tertiary/aromatic N) is 1. The van der Waals surface area contributed by atoms with Crippen LogP contribution in [0.4, 0.5) is 10.1 Å². The quantitative estimate of drug-likeness (QED) is 0.849. The Morgan fingerprint density at radius 1 is 1.29 bits per heavy atom. The first-order chi connectivity index (χ1) is 9.78. The van der Waals surface area contributed by atoms with Crippen molar-refractivity contribution in [2.45, 2.75) is 39.7 Å². The van der Waals surface area contributed by atoms with Crippen molar-refractivity contribution in [1.82, 2.24) is 0 Å². The van der Waals surface area contributed by atoms with Crippen LogP contribution in [0.2, 0.25) is 0 Å². The number of rotatable bonds is 5. The van der Waals surface area contributed by atoms with E-state index in [4.69, 9.17) is 0 Å². The third-order valence-electron chi connectivity index (χ3n) is 4.12. The normalized spacial score (nSPS) is 17.4. The molecule has 1 aromatic carbocycles. The van der Waals surface area contributed by atoms with Gasteiger partial charge in [0.1, 0.15) is 11.2 Å². The lowest BCUT2D eigenvalue weighted by Gasteiger charge is -2.34. The maximum atomic E-state index is 13.1. The largest absolute Gasteiger partial charge is 0.480 e. The monoisotopic (exact) mass is 293 g/mol. The number of aliphatic carboxylic acids is 1. The third kappa shape index (κ3) is 2.77. The van der Waals surface area contributed by atoms with E-state index in [2.05, 4.69) is 0 Å². The van der Waals surface area contributed by atoms with E-state index >= 15 is 0 Å². The molecular formula is C16H20FNO3. The Bertz CT molecular complexity index is 551. The van der Waals surface area contributed by atoms with Crippen LogP contribution in [0.25, 0.3) is 0 Å². The van der Waals surface area contributed by atoms with Crippen molar-refractivity contribution in [2.24, 2.45) is 11.3 Å². The summed E-state index contributed by atoms with van der Waals surface area (Å²) >= 11 is 0. The molecule has 114 valence electrons. The molecule has 0 bridgehead atoms. The van der Waals surface area contributed by atoms with Gasteiger partial charge in [0.05, 0.1) is 0 Å². The number of carbonyl (C=O) groups excluding carboxylic acids is 1. The molecule has 1 amide bonds. The van der Waals surface area contributed by atoms with Gasteiger partial charge in [-0.3, -0.25) is 9.59 Å². The van der Waals surface area contributed by atoms with Crippen LogP contribution in [0.1, 0.15) is 33.6 Å². The van der Waals surface area contributed by atoms with Gasteiger partial charge in [0.25, 0.3) is 0 Å². The van der Waals surface area contributed by atoms with Crippen molar-refractivity contribution < 1.29 is 19.1 Å². The molecule has 0 saturated heterocycles. The van der Waals surface area contributed by atoms with Crippen molar-refractivity contribution in [1.29, 1.82) is 0 Å². The highest BCUT2D eigenvalue weighted by atomic mass is 19.1. The lowest BCUT2D eigenvalue weighted by atomic mass is 9.82. The molecule has 5 heteroatoms. The minimum Gasteiger partial charge on any atom is -0.480 e. The minimum absolute atomic E-state index is 0.121. The first kappa shape index (κ1) is 15.5. The summed E-state index contributed by atoms with van der Waals surface area (Å²) in [6.07, 6.45) is 1.51. The maximum Gasteiger partial charge on any atom is 0.319 e. The number of halogens is 1. The zero-order chi connectivity index (χ0) is 15.8. The summed E-state index contributed by atoms with van der Waals surface area (Å²) in [6, 6.07) is 5.34. The Morgan fingerprint density at radius 2 is 1.81 bits per heavy atom. The Kier molecular flexibility index (Phi) is 4.03. The van der Waals surface area contributed by atoms with Crippen LogP contribution in [0.15, 0.2) is 24.3 Å². The van der Waals surface area contributed by atoms with Gasteiger partial charge in [-0.25, -0.2) is 4.39 Å². The van der Waals surface area contributed by atoms with Gasteiger partial charge in [0.15, 0.2) is 0 Å². The fourth-order valence-corrected chi connectivity index (χ4v) is 2.60. The molecule has 0 heterocycles. The first-order valence-corrected chi connectivity index (χ1v) is 7.11. The van der Waals surface area contributed by atoms with E-state index in [-0.39, 0.29) is 12.0 Å². The van der Waals surface area contributed by atoms with Crippen molar-refractivity contribution in [3.8, 4) is 0 Å². The average molecular weight is 293 g/mol. The van der Waals surface area contributed by atoms with Crippen LogP contribution in [0, 0.1) is 17.2 Å². The number of carbonyl (C=O) groups is 2. The molecule has 1 aromatic rings. The fourth-order valence-electron chi connectivity index (χ4n) is 2.60.